The van der Waals surface area contributed by atoms with E-state index in [9.17, 15) is 13.9 Å². The van der Waals surface area contributed by atoms with Gasteiger partial charge in [0.15, 0.2) is 0 Å². The van der Waals surface area contributed by atoms with Crippen LogP contribution in [-0.2, 0) is 5.75 Å². The zero-order chi connectivity index (χ0) is 11.4. The van der Waals surface area contributed by atoms with Crippen molar-refractivity contribution in [3.8, 4) is 0 Å². The molecule has 0 aliphatic rings. The summed E-state index contributed by atoms with van der Waals surface area (Å²) in [6.07, 6.45) is 2.16. The van der Waals surface area contributed by atoms with Crippen molar-refractivity contribution in [1.82, 2.24) is 9.55 Å². The number of aliphatic hydroxyl groups excluding tert-OH is 1. The molecular weight excluding hydrogens is 222 g/mol. The summed E-state index contributed by atoms with van der Waals surface area (Å²) in [5.41, 5.74) is 0. The molecule has 0 saturated heterocycles. The third kappa shape index (κ3) is 3.46. The van der Waals surface area contributed by atoms with Crippen molar-refractivity contribution in [2.45, 2.75) is 37.5 Å². The van der Waals surface area contributed by atoms with E-state index in [2.05, 4.69) is 4.98 Å². The lowest BCUT2D eigenvalue weighted by Crippen LogP contribution is -2.16. The van der Waals surface area contributed by atoms with Gasteiger partial charge in [-0.2, -0.15) is 8.78 Å². The van der Waals surface area contributed by atoms with Crippen molar-refractivity contribution < 1.29 is 13.9 Å². The molecule has 86 valence electrons. The van der Waals surface area contributed by atoms with Crippen LogP contribution in [0.2, 0.25) is 0 Å². The number of hydrogen-bond acceptors (Lipinski definition) is 3. The number of rotatable bonds is 5. The molecule has 0 radical (unpaired) electrons. The average Bonchev–Trinajstić information content (AvgIpc) is 2.61. The van der Waals surface area contributed by atoms with Crippen LogP contribution in [-0.4, -0.2) is 26.0 Å². The number of thioether (sulfide) groups is 1. The van der Waals surface area contributed by atoms with Gasteiger partial charge in [0.2, 0.25) is 0 Å². The molecule has 3 nitrogen and oxygen atoms in total. The summed E-state index contributed by atoms with van der Waals surface area (Å²) in [6.45, 7) is 0.979. The first-order chi connectivity index (χ1) is 7.02. The lowest BCUT2D eigenvalue weighted by atomic mass is 10.3. The van der Waals surface area contributed by atoms with Gasteiger partial charge in [0.1, 0.15) is 5.82 Å². The molecule has 0 fully saturated rings. The Kier molecular flexibility index (Phi) is 4.53. The highest BCUT2D eigenvalue weighted by molar-refractivity contribution is 7.99. The van der Waals surface area contributed by atoms with Crippen molar-refractivity contribution in [1.29, 1.82) is 0 Å². The van der Waals surface area contributed by atoms with E-state index in [1.54, 1.807) is 6.92 Å². The van der Waals surface area contributed by atoms with E-state index in [4.69, 9.17) is 0 Å². The Bertz CT molecular complexity index is 304. The third-order valence-electron chi connectivity index (χ3n) is 2.11. The molecule has 15 heavy (non-hydrogen) atoms. The van der Waals surface area contributed by atoms with Gasteiger partial charge in [0.25, 0.3) is 0 Å². The molecule has 0 aliphatic carbocycles. The quantitative estimate of drug-likeness (QED) is 0.852. The predicted octanol–water partition coefficient (Wildman–Crippen LogP) is 2.28. The van der Waals surface area contributed by atoms with Gasteiger partial charge in [-0.1, -0.05) is 6.92 Å². The van der Waals surface area contributed by atoms with E-state index in [0.717, 1.165) is 4.57 Å². The van der Waals surface area contributed by atoms with E-state index in [-0.39, 0.29) is 5.25 Å². The summed E-state index contributed by atoms with van der Waals surface area (Å²) < 4.78 is 25.7. The van der Waals surface area contributed by atoms with Crippen LogP contribution in [0.3, 0.4) is 0 Å². The lowest BCUT2D eigenvalue weighted by Gasteiger charge is -2.14. The van der Waals surface area contributed by atoms with E-state index in [0.29, 0.717) is 11.6 Å². The van der Waals surface area contributed by atoms with Crippen LogP contribution < -0.4 is 0 Å². The maximum absolute atomic E-state index is 12.4. The van der Waals surface area contributed by atoms with Gasteiger partial charge < -0.3 is 5.11 Å². The first-order valence-electron chi connectivity index (χ1n) is 4.62. The zero-order valence-corrected chi connectivity index (χ0v) is 9.42. The number of hydrogen-bond donors (Lipinski definition) is 1. The maximum atomic E-state index is 12.4. The van der Waals surface area contributed by atoms with Gasteiger partial charge in [0.05, 0.1) is 11.9 Å². The summed E-state index contributed by atoms with van der Waals surface area (Å²) in [6, 6.07) is 0. The molecule has 1 rings (SSSR count). The smallest absolute Gasteiger partial charge is 0.319 e. The summed E-state index contributed by atoms with van der Waals surface area (Å²) in [4.78, 5) is 3.85. The standard InChI is InChI=1S/C9H14F2N2OS/c1-6(14)7(2)15-5-8-12-3-4-13(8)9(10)11/h3-4,6-7,9,14H,5H2,1-2H3. The largest absolute Gasteiger partial charge is 0.392 e. The van der Waals surface area contributed by atoms with Gasteiger partial charge >= 0.3 is 6.55 Å². The van der Waals surface area contributed by atoms with Crippen LogP contribution in [0.1, 0.15) is 26.2 Å². The molecule has 6 heteroatoms. The van der Waals surface area contributed by atoms with Gasteiger partial charge in [-0.05, 0) is 6.92 Å². The van der Waals surface area contributed by atoms with Crippen LogP contribution in [0.25, 0.3) is 0 Å². The average molecular weight is 236 g/mol. The molecule has 2 atom stereocenters. The third-order valence-corrected chi connectivity index (χ3v) is 3.46. The number of nitrogens with zero attached hydrogens (tertiary/aromatic N) is 2. The molecule has 2 unspecified atom stereocenters. The Hall–Kier alpha value is -0.620. The second-order valence-electron chi connectivity index (χ2n) is 3.29. The molecular formula is C9H14F2N2OS. The summed E-state index contributed by atoms with van der Waals surface area (Å²) >= 11 is 1.41. The predicted molar refractivity (Wildman–Crippen MR) is 55.9 cm³/mol. The zero-order valence-electron chi connectivity index (χ0n) is 8.60. The Morgan fingerprint density at radius 2 is 2.20 bits per heavy atom. The maximum Gasteiger partial charge on any atom is 0.319 e. The molecule has 1 heterocycles. The highest BCUT2D eigenvalue weighted by atomic mass is 32.2. The van der Waals surface area contributed by atoms with E-state index < -0.39 is 12.7 Å². The second-order valence-corrected chi connectivity index (χ2v) is 4.65. The van der Waals surface area contributed by atoms with Crippen molar-refractivity contribution >= 4 is 11.8 Å². The normalized spacial score (nSPS) is 15.6. The van der Waals surface area contributed by atoms with E-state index in [1.165, 1.54) is 24.2 Å². The number of aliphatic hydroxyl groups is 1. The monoisotopic (exact) mass is 236 g/mol. The van der Waals surface area contributed by atoms with Crippen molar-refractivity contribution in [2.75, 3.05) is 0 Å². The van der Waals surface area contributed by atoms with Gasteiger partial charge in [0, 0.05) is 17.6 Å². The number of imidazole rings is 1. The summed E-state index contributed by atoms with van der Waals surface area (Å²) in [5.74, 6) is 0.714. The minimum atomic E-state index is -2.55. The van der Waals surface area contributed by atoms with Crippen LogP contribution in [0, 0.1) is 0 Å². The molecule has 0 amide bonds. The SMILES string of the molecule is CC(O)C(C)SCc1nccn1C(F)F. The van der Waals surface area contributed by atoms with Crippen molar-refractivity contribution in [2.24, 2.45) is 0 Å². The molecule has 0 aromatic carbocycles. The Morgan fingerprint density at radius 3 is 2.73 bits per heavy atom. The molecule has 0 spiro atoms. The van der Waals surface area contributed by atoms with Crippen molar-refractivity contribution in [3.05, 3.63) is 18.2 Å². The topological polar surface area (TPSA) is 38.1 Å². The van der Waals surface area contributed by atoms with E-state index >= 15 is 0 Å². The molecule has 0 aliphatic heterocycles. The fraction of sp³-hybridized carbons (Fsp3) is 0.667. The van der Waals surface area contributed by atoms with Crippen molar-refractivity contribution in [3.63, 3.8) is 0 Å². The van der Waals surface area contributed by atoms with Crippen LogP contribution in [0.5, 0.6) is 0 Å². The highest BCUT2D eigenvalue weighted by Crippen LogP contribution is 2.21. The van der Waals surface area contributed by atoms with Gasteiger partial charge in [-0.3, -0.25) is 4.57 Å². The van der Waals surface area contributed by atoms with Crippen LogP contribution in [0.15, 0.2) is 12.4 Å². The Morgan fingerprint density at radius 1 is 1.53 bits per heavy atom. The van der Waals surface area contributed by atoms with Crippen LogP contribution in [0.4, 0.5) is 8.78 Å². The fourth-order valence-electron chi connectivity index (χ4n) is 0.979. The van der Waals surface area contributed by atoms with Gasteiger partial charge in [-0.15, -0.1) is 11.8 Å². The minimum Gasteiger partial charge on any atom is -0.392 e. The first-order valence-corrected chi connectivity index (χ1v) is 5.66. The minimum absolute atomic E-state index is 0.00724. The first kappa shape index (κ1) is 12.4. The molecule has 0 saturated carbocycles. The molecule has 0 bridgehead atoms. The summed E-state index contributed by atoms with van der Waals surface area (Å²) in [7, 11) is 0. The second kappa shape index (κ2) is 5.46. The number of alkyl halides is 2. The number of halogens is 2. The van der Waals surface area contributed by atoms with Crippen LogP contribution >= 0.6 is 11.8 Å². The van der Waals surface area contributed by atoms with E-state index in [1.807, 2.05) is 6.92 Å². The molecule has 1 N–H and O–H groups in total. The Labute approximate surface area is 91.5 Å². The Balaban J connectivity index is 2.54. The fourth-order valence-corrected chi connectivity index (χ4v) is 1.89. The summed E-state index contributed by atoms with van der Waals surface area (Å²) in [5, 5.41) is 9.24. The molecule has 1 aromatic heterocycles. The number of aromatic nitrogens is 2. The lowest BCUT2D eigenvalue weighted by molar-refractivity contribution is 0.0678. The van der Waals surface area contributed by atoms with Gasteiger partial charge in [-0.25, -0.2) is 4.98 Å². The molecule has 1 aromatic rings. The highest BCUT2D eigenvalue weighted by Gasteiger charge is 2.14.